The van der Waals surface area contributed by atoms with E-state index in [0.717, 1.165) is 18.6 Å². The van der Waals surface area contributed by atoms with Crippen LogP contribution in [0.3, 0.4) is 0 Å². The number of hydrogen-bond donors (Lipinski definition) is 3. The molecule has 0 heterocycles. The summed E-state index contributed by atoms with van der Waals surface area (Å²) in [6, 6.07) is 5.57. The zero-order chi connectivity index (χ0) is 17.3. The number of hydrogen-bond acceptors (Lipinski definition) is 5. The lowest BCUT2D eigenvalue weighted by Gasteiger charge is -2.13. The van der Waals surface area contributed by atoms with Gasteiger partial charge in [0.2, 0.25) is 15.9 Å². The normalized spacial score (nSPS) is 12.8. The smallest absolute Gasteiger partial charge is 0.241 e. The molecule has 0 aliphatic rings. The van der Waals surface area contributed by atoms with E-state index in [-0.39, 0.29) is 10.8 Å². The van der Waals surface area contributed by atoms with Crippen molar-refractivity contribution < 1.29 is 13.2 Å². The van der Waals surface area contributed by atoms with E-state index in [1.165, 1.54) is 12.1 Å². The molecule has 0 radical (unpaired) electrons. The first-order chi connectivity index (χ1) is 10.9. The zero-order valence-electron chi connectivity index (χ0n) is 13.5. The molecule has 8 heteroatoms. The van der Waals surface area contributed by atoms with Gasteiger partial charge in [-0.2, -0.15) is 11.8 Å². The van der Waals surface area contributed by atoms with Gasteiger partial charge in [-0.15, -0.1) is 0 Å². The Labute approximate surface area is 142 Å². The predicted octanol–water partition coefficient (Wildman–Crippen LogP) is 1.78. The number of thioether (sulfide) groups is 1. The molecule has 0 saturated carbocycles. The number of sulfonamides is 1. The second-order valence-electron chi connectivity index (χ2n) is 5.16. The first-order valence-corrected chi connectivity index (χ1v) is 10.4. The van der Waals surface area contributed by atoms with Gasteiger partial charge in [0.25, 0.3) is 0 Å². The van der Waals surface area contributed by atoms with Crippen molar-refractivity contribution in [2.45, 2.75) is 37.1 Å². The van der Waals surface area contributed by atoms with Crippen LogP contribution in [0.5, 0.6) is 0 Å². The number of amides is 1. The van der Waals surface area contributed by atoms with E-state index in [0.29, 0.717) is 18.7 Å². The van der Waals surface area contributed by atoms with E-state index in [4.69, 9.17) is 5.73 Å². The van der Waals surface area contributed by atoms with Gasteiger partial charge < -0.3 is 11.1 Å². The molecule has 1 unspecified atom stereocenters. The highest BCUT2D eigenvalue weighted by atomic mass is 32.2. The number of carbonyl (C=O) groups excluding carboxylic acids is 1. The van der Waals surface area contributed by atoms with Crippen molar-refractivity contribution in [3.63, 3.8) is 0 Å². The van der Waals surface area contributed by atoms with Crippen molar-refractivity contribution in [3.05, 3.63) is 24.3 Å². The first-order valence-electron chi connectivity index (χ1n) is 7.55. The molecule has 1 aromatic rings. The topological polar surface area (TPSA) is 101 Å². The number of benzene rings is 1. The molecule has 130 valence electrons. The van der Waals surface area contributed by atoms with Gasteiger partial charge in [0.05, 0.1) is 10.9 Å². The van der Waals surface area contributed by atoms with E-state index in [2.05, 4.69) is 10.0 Å². The van der Waals surface area contributed by atoms with Crippen LogP contribution in [-0.2, 0) is 14.8 Å². The average molecular weight is 360 g/mol. The van der Waals surface area contributed by atoms with Gasteiger partial charge in [0.15, 0.2) is 0 Å². The van der Waals surface area contributed by atoms with Crippen LogP contribution in [-0.4, -0.2) is 38.9 Å². The lowest BCUT2D eigenvalue weighted by molar-refractivity contribution is -0.117. The summed E-state index contributed by atoms with van der Waals surface area (Å²) >= 11 is 1.62. The number of nitrogens with one attached hydrogen (secondary N) is 2. The molecular weight excluding hydrogens is 334 g/mol. The van der Waals surface area contributed by atoms with Gasteiger partial charge in [0.1, 0.15) is 0 Å². The molecule has 0 fully saturated rings. The second kappa shape index (κ2) is 9.92. The molecule has 0 spiro atoms. The SMILES string of the molecule is CCCCNS(=O)(=O)c1cccc(NC(=O)C(N)CCSC)c1. The van der Waals surface area contributed by atoms with E-state index in [1.54, 1.807) is 23.9 Å². The van der Waals surface area contributed by atoms with Crippen LogP contribution in [0.2, 0.25) is 0 Å². The molecule has 0 aliphatic carbocycles. The largest absolute Gasteiger partial charge is 0.325 e. The summed E-state index contributed by atoms with van der Waals surface area (Å²) in [5.74, 6) is 0.484. The number of anilines is 1. The molecule has 0 aliphatic heterocycles. The van der Waals surface area contributed by atoms with Gasteiger partial charge in [0, 0.05) is 12.2 Å². The summed E-state index contributed by atoms with van der Waals surface area (Å²) in [5, 5.41) is 2.66. The maximum Gasteiger partial charge on any atom is 0.241 e. The molecule has 4 N–H and O–H groups in total. The molecule has 1 rings (SSSR count). The molecular formula is C15H25N3O3S2. The van der Waals surface area contributed by atoms with Crippen LogP contribution in [0.15, 0.2) is 29.2 Å². The Balaban J connectivity index is 2.74. The summed E-state index contributed by atoms with van der Waals surface area (Å²) in [6.07, 6.45) is 4.21. The Morgan fingerprint density at radius 2 is 2.13 bits per heavy atom. The maximum atomic E-state index is 12.2. The van der Waals surface area contributed by atoms with E-state index < -0.39 is 16.1 Å². The van der Waals surface area contributed by atoms with Crippen molar-refractivity contribution in [2.24, 2.45) is 5.73 Å². The lowest BCUT2D eigenvalue weighted by atomic mass is 10.2. The van der Waals surface area contributed by atoms with Crippen molar-refractivity contribution in [3.8, 4) is 0 Å². The van der Waals surface area contributed by atoms with Crippen LogP contribution in [0.1, 0.15) is 26.2 Å². The fourth-order valence-electron chi connectivity index (χ4n) is 1.82. The molecule has 0 aromatic heterocycles. The summed E-state index contributed by atoms with van der Waals surface area (Å²) in [4.78, 5) is 12.1. The summed E-state index contributed by atoms with van der Waals surface area (Å²) in [5.41, 5.74) is 6.22. The van der Waals surface area contributed by atoms with Crippen LogP contribution in [0, 0.1) is 0 Å². The monoisotopic (exact) mass is 359 g/mol. The summed E-state index contributed by atoms with van der Waals surface area (Å²) < 4.78 is 26.9. The number of rotatable bonds is 10. The molecule has 23 heavy (non-hydrogen) atoms. The Morgan fingerprint density at radius 3 is 2.78 bits per heavy atom. The fraction of sp³-hybridized carbons (Fsp3) is 0.533. The molecule has 0 bridgehead atoms. The van der Waals surface area contributed by atoms with Crippen molar-refractivity contribution in [2.75, 3.05) is 23.9 Å². The molecule has 1 atom stereocenters. The third-order valence-electron chi connectivity index (χ3n) is 3.20. The van der Waals surface area contributed by atoms with Crippen molar-refractivity contribution >= 4 is 33.4 Å². The minimum absolute atomic E-state index is 0.129. The minimum Gasteiger partial charge on any atom is -0.325 e. The predicted molar refractivity (Wildman–Crippen MR) is 96.1 cm³/mol. The number of carbonyl (C=O) groups is 1. The van der Waals surface area contributed by atoms with Gasteiger partial charge in [-0.05, 0) is 43.0 Å². The highest BCUT2D eigenvalue weighted by molar-refractivity contribution is 7.98. The molecule has 6 nitrogen and oxygen atoms in total. The Kier molecular flexibility index (Phi) is 8.60. The minimum atomic E-state index is -3.56. The standard InChI is InChI=1S/C15H25N3O3S2/c1-3-4-9-17-23(20,21)13-7-5-6-12(11-13)18-15(19)14(16)8-10-22-2/h5-7,11,14,17H,3-4,8-10,16H2,1-2H3,(H,18,19). The van der Waals surface area contributed by atoms with Gasteiger partial charge in [-0.25, -0.2) is 13.1 Å². The highest BCUT2D eigenvalue weighted by Crippen LogP contribution is 2.16. The average Bonchev–Trinajstić information content (AvgIpc) is 2.53. The Hall–Kier alpha value is -1.09. The van der Waals surface area contributed by atoms with Crippen molar-refractivity contribution in [1.82, 2.24) is 4.72 Å². The van der Waals surface area contributed by atoms with Crippen molar-refractivity contribution in [1.29, 1.82) is 0 Å². The Morgan fingerprint density at radius 1 is 1.39 bits per heavy atom. The molecule has 1 aromatic carbocycles. The maximum absolute atomic E-state index is 12.2. The molecule has 0 saturated heterocycles. The van der Waals surface area contributed by atoms with E-state index in [9.17, 15) is 13.2 Å². The van der Waals surface area contributed by atoms with Crippen LogP contribution >= 0.6 is 11.8 Å². The van der Waals surface area contributed by atoms with Crippen LogP contribution in [0.25, 0.3) is 0 Å². The highest BCUT2D eigenvalue weighted by Gasteiger charge is 2.16. The molecule has 1 amide bonds. The Bertz CT molecular complexity index is 606. The van der Waals surface area contributed by atoms with Gasteiger partial charge in [-0.3, -0.25) is 4.79 Å². The zero-order valence-corrected chi connectivity index (χ0v) is 15.2. The van der Waals surface area contributed by atoms with Crippen LogP contribution in [0.4, 0.5) is 5.69 Å². The number of nitrogens with two attached hydrogens (primary N) is 1. The van der Waals surface area contributed by atoms with Gasteiger partial charge in [-0.1, -0.05) is 19.4 Å². The summed E-state index contributed by atoms with van der Waals surface area (Å²) in [7, 11) is -3.56. The van der Waals surface area contributed by atoms with Crippen LogP contribution < -0.4 is 15.8 Å². The fourth-order valence-corrected chi connectivity index (χ4v) is 3.43. The van der Waals surface area contributed by atoms with Gasteiger partial charge >= 0.3 is 0 Å². The third kappa shape index (κ3) is 6.90. The van der Waals surface area contributed by atoms with E-state index >= 15 is 0 Å². The summed E-state index contributed by atoms with van der Waals surface area (Å²) in [6.45, 7) is 2.39. The number of unbranched alkanes of at least 4 members (excludes halogenated alkanes) is 1. The first kappa shape index (κ1) is 20.0. The third-order valence-corrected chi connectivity index (χ3v) is 5.31. The quantitative estimate of drug-likeness (QED) is 0.553. The lowest BCUT2D eigenvalue weighted by Crippen LogP contribution is -2.36. The van der Waals surface area contributed by atoms with E-state index in [1.807, 2.05) is 13.2 Å². The second-order valence-corrected chi connectivity index (χ2v) is 7.91.